The smallest absolute Gasteiger partial charge is 0.233 e. The van der Waals surface area contributed by atoms with Gasteiger partial charge in [-0.3, -0.25) is 9.59 Å². The van der Waals surface area contributed by atoms with Gasteiger partial charge in [0.2, 0.25) is 5.91 Å². The highest BCUT2D eigenvalue weighted by Crippen LogP contribution is 2.43. The summed E-state index contributed by atoms with van der Waals surface area (Å²) < 4.78 is 5.58. The molecule has 3 rings (SSSR count). The molecule has 1 unspecified atom stereocenters. The van der Waals surface area contributed by atoms with Gasteiger partial charge in [-0.15, -0.1) is 23.5 Å². The third-order valence-corrected chi connectivity index (χ3v) is 7.05. The first-order chi connectivity index (χ1) is 13.5. The molecule has 2 aromatic rings. The number of rotatable bonds is 8. The van der Waals surface area contributed by atoms with Gasteiger partial charge in [0.05, 0.1) is 18.6 Å². The molecule has 0 N–H and O–H groups in total. The van der Waals surface area contributed by atoms with Gasteiger partial charge in [-0.05, 0) is 42.7 Å². The summed E-state index contributed by atoms with van der Waals surface area (Å²) in [6.45, 7) is 4.32. The zero-order valence-corrected chi connectivity index (χ0v) is 18.1. The molecule has 0 saturated carbocycles. The minimum atomic E-state index is -0.00495. The molecule has 6 heteroatoms. The molecule has 1 saturated heterocycles. The molecule has 1 atom stereocenters. The number of hydrogen-bond donors (Lipinski definition) is 0. The quantitative estimate of drug-likeness (QED) is 0.621. The van der Waals surface area contributed by atoms with E-state index in [-0.39, 0.29) is 17.1 Å². The summed E-state index contributed by atoms with van der Waals surface area (Å²) in [6, 6.07) is 14.6. The topological polar surface area (TPSA) is 46.6 Å². The average molecular weight is 416 g/mol. The summed E-state index contributed by atoms with van der Waals surface area (Å²) >= 11 is 3.29. The van der Waals surface area contributed by atoms with E-state index in [2.05, 4.69) is 36.4 Å². The van der Waals surface area contributed by atoms with E-state index in [1.165, 1.54) is 5.56 Å². The predicted octanol–water partition coefficient (Wildman–Crippen LogP) is 4.78. The van der Waals surface area contributed by atoms with Crippen LogP contribution in [0, 0.1) is 0 Å². The van der Waals surface area contributed by atoms with Crippen molar-refractivity contribution in [3.8, 4) is 16.9 Å². The Labute approximate surface area is 175 Å². The SMILES string of the molecule is CCN1C(=O)CSC1c1cc(-c2ccc(CSCC(C)=O)cc2)ccc1OC. The minimum Gasteiger partial charge on any atom is -0.496 e. The Morgan fingerprint density at radius 1 is 1.21 bits per heavy atom. The van der Waals surface area contributed by atoms with E-state index in [0.717, 1.165) is 28.2 Å². The van der Waals surface area contributed by atoms with Crippen LogP contribution in [0.5, 0.6) is 5.75 Å². The fraction of sp³-hybridized carbons (Fsp3) is 0.364. The number of carbonyl (C=O) groups excluding carboxylic acids is 2. The molecule has 2 aromatic carbocycles. The lowest BCUT2D eigenvalue weighted by Gasteiger charge is -2.24. The number of thioether (sulfide) groups is 2. The first-order valence-electron chi connectivity index (χ1n) is 9.29. The second-order valence-corrected chi connectivity index (χ2v) is 8.75. The number of benzene rings is 2. The largest absolute Gasteiger partial charge is 0.496 e. The van der Waals surface area contributed by atoms with Crippen molar-refractivity contribution in [2.45, 2.75) is 25.0 Å². The summed E-state index contributed by atoms with van der Waals surface area (Å²) in [6.07, 6.45) is 0. The van der Waals surface area contributed by atoms with Gasteiger partial charge in [0.1, 0.15) is 16.9 Å². The molecule has 0 spiro atoms. The van der Waals surface area contributed by atoms with E-state index in [1.807, 2.05) is 17.9 Å². The zero-order valence-electron chi connectivity index (χ0n) is 16.4. The van der Waals surface area contributed by atoms with Crippen LogP contribution >= 0.6 is 23.5 Å². The Balaban J connectivity index is 1.83. The molecule has 1 amide bonds. The summed E-state index contributed by atoms with van der Waals surface area (Å²) in [5.41, 5.74) is 4.48. The van der Waals surface area contributed by atoms with Crippen molar-refractivity contribution >= 4 is 35.2 Å². The number of ketones is 1. The Kier molecular flexibility index (Phi) is 7.08. The van der Waals surface area contributed by atoms with Crippen molar-refractivity contribution in [3.05, 3.63) is 53.6 Å². The molecule has 148 valence electrons. The van der Waals surface area contributed by atoms with Gasteiger partial charge in [-0.2, -0.15) is 0 Å². The fourth-order valence-electron chi connectivity index (χ4n) is 3.27. The van der Waals surface area contributed by atoms with Crippen LogP contribution < -0.4 is 4.74 Å². The number of amides is 1. The molecule has 0 radical (unpaired) electrons. The van der Waals surface area contributed by atoms with E-state index >= 15 is 0 Å². The van der Waals surface area contributed by atoms with E-state index in [1.54, 1.807) is 37.6 Å². The molecule has 1 aliphatic heterocycles. The summed E-state index contributed by atoms with van der Waals surface area (Å²) in [7, 11) is 1.67. The summed E-state index contributed by atoms with van der Waals surface area (Å²) in [5, 5.41) is -0.00495. The van der Waals surface area contributed by atoms with Gasteiger partial charge in [0.15, 0.2) is 0 Å². The third-order valence-electron chi connectivity index (χ3n) is 4.67. The van der Waals surface area contributed by atoms with Crippen molar-refractivity contribution < 1.29 is 14.3 Å². The number of nitrogens with zero attached hydrogens (tertiary/aromatic N) is 1. The molecule has 1 heterocycles. The minimum absolute atomic E-state index is 0.00495. The Hall–Kier alpha value is -1.92. The van der Waals surface area contributed by atoms with E-state index in [4.69, 9.17) is 4.74 Å². The molecular weight excluding hydrogens is 390 g/mol. The Morgan fingerprint density at radius 2 is 1.93 bits per heavy atom. The molecule has 4 nitrogen and oxygen atoms in total. The van der Waals surface area contributed by atoms with Crippen LogP contribution in [0.25, 0.3) is 11.1 Å². The molecule has 0 bridgehead atoms. The Bertz CT molecular complexity index is 851. The molecule has 1 aliphatic rings. The van der Waals surface area contributed by atoms with Crippen LogP contribution in [0.1, 0.15) is 30.3 Å². The number of hydrogen-bond acceptors (Lipinski definition) is 5. The second kappa shape index (κ2) is 9.52. The molecule has 0 aliphatic carbocycles. The van der Waals surface area contributed by atoms with E-state index in [0.29, 0.717) is 18.1 Å². The third kappa shape index (κ3) is 4.73. The van der Waals surface area contributed by atoms with Crippen molar-refractivity contribution in [2.24, 2.45) is 0 Å². The number of Topliss-reactive ketones (excluding diaryl/α,β-unsaturated/α-hetero) is 1. The van der Waals surface area contributed by atoms with Crippen LogP contribution in [-0.2, 0) is 15.3 Å². The first-order valence-corrected chi connectivity index (χ1v) is 11.5. The average Bonchev–Trinajstić information content (AvgIpc) is 3.08. The highest BCUT2D eigenvalue weighted by Gasteiger charge is 2.33. The summed E-state index contributed by atoms with van der Waals surface area (Å²) in [4.78, 5) is 25.1. The normalized spacial score (nSPS) is 16.5. The van der Waals surface area contributed by atoms with Crippen molar-refractivity contribution in [1.29, 1.82) is 0 Å². The maximum Gasteiger partial charge on any atom is 0.233 e. The maximum absolute atomic E-state index is 12.2. The highest BCUT2D eigenvalue weighted by molar-refractivity contribution is 8.00. The van der Waals surface area contributed by atoms with Gasteiger partial charge >= 0.3 is 0 Å². The van der Waals surface area contributed by atoms with E-state index in [9.17, 15) is 9.59 Å². The van der Waals surface area contributed by atoms with Gasteiger partial charge < -0.3 is 9.64 Å². The van der Waals surface area contributed by atoms with Crippen molar-refractivity contribution in [3.63, 3.8) is 0 Å². The first kappa shape index (κ1) is 20.8. The van der Waals surface area contributed by atoms with Crippen LogP contribution in [0.4, 0.5) is 0 Å². The maximum atomic E-state index is 12.2. The molecule has 28 heavy (non-hydrogen) atoms. The lowest BCUT2D eigenvalue weighted by molar-refractivity contribution is -0.127. The van der Waals surface area contributed by atoms with Crippen LogP contribution in [0.15, 0.2) is 42.5 Å². The van der Waals surface area contributed by atoms with Gasteiger partial charge in [0, 0.05) is 17.9 Å². The number of ether oxygens (including phenoxy) is 1. The molecular formula is C22H25NO3S2. The molecule has 1 fully saturated rings. The monoisotopic (exact) mass is 415 g/mol. The van der Waals surface area contributed by atoms with Crippen molar-refractivity contribution in [2.75, 3.05) is 25.2 Å². The predicted molar refractivity (Wildman–Crippen MR) is 118 cm³/mol. The summed E-state index contributed by atoms with van der Waals surface area (Å²) in [5.74, 6) is 3.09. The van der Waals surface area contributed by atoms with Crippen LogP contribution in [0.3, 0.4) is 0 Å². The molecule has 0 aromatic heterocycles. The lowest BCUT2D eigenvalue weighted by atomic mass is 10.0. The number of methoxy groups -OCH3 is 1. The van der Waals surface area contributed by atoms with Crippen LogP contribution in [0.2, 0.25) is 0 Å². The lowest BCUT2D eigenvalue weighted by Crippen LogP contribution is -2.27. The van der Waals surface area contributed by atoms with Gasteiger partial charge in [-0.25, -0.2) is 0 Å². The number of carbonyl (C=O) groups is 2. The zero-order chi connectivity index (χ0) is 20.1. The van der Waals surface area contributed by atoms with Gasteiger partial charge in [-0.1, -0.05) is 30.3 Å². The second-order valence-electron chi connectivity index (χ2n) is 6.69. The standard InChI is InChI=1S/C22H25NO3S2/c1-4-23-21(25)14-28-22(23)19-11-18(9-10-20(19)26-3)17-7-5-16(6-8-17)13-27-12-15(2)24/h5-11,22H,4,12-14H2,1-3H3. The van der Waals surface area contributed by atoms with E-state index < -0.39 is 0 Å². The van der Waals surface area contributed by atoms with Crippen molar-refractivity contribution in [1.82, 2.24) is 4.90 Å². The van der Waals surface area contributed by atoms with Crippen LogP contribution in [-0.4, -0.2) is 41.8 Å². The van der Waals surface area contributed by atoms with Gasteiger partial charge in [0.25, 0.3) is 0 Å². The Morgan fingerprint density at radius 3 is 2.57 bits per heavy atom. The highest BCUT2D eigenvalue weighted by atomic mass is 32.2. The fourth-order valence-corrected chi connectivity index (χ4v) is 5.36.